The van der Waals surface area contributed by atoms with E-state index in [1.165, 1.54) is 19.5 Å². The summed E-state index contributed by atoms with van der Waals surface area (Å²) in [5, 5.41) is 14.8. The molecule has 10 nitrogen and oxygen atoms in total. The zero-order chi connectivity index (χ0) is 19.4. The van der Waals surface area contributed by atoms with E-state index in [0.717, 1.165) is 0 Å². The van der Waals surface area contributed by atoms with Crippen molar-refractivity contribution in [2.45, 2.75) is 26.4 Å². The molecule has 0 saturated heterocycles. The quantitative estimate of drug-likeness (QED) is 0.745. The summed E-state index contributed by atoms with van der Waals surface area (Å²) < 4.78 is 11.8. The number of rotatable bonds is 4. The summed E-state index contributed by atoms with van der Waals surface area (Å²) in [7, 11) is 1.52. The molecule has 27 heavy (non-hydrogen) atoms. The van der Waals surface area contributed by atoms with Gasteiger partial charge in [-0.05, 0) is 32.9 Å². The highest BCUT2D eigenvalue weighted by Crippen LogP contribution is 2.20. The van der Waals surface area contributed by atoms with Crippen molar-refractivity contribution in [3.63, 3.8) is 0 Å². The van der Waals surface area contributed by atoms with Crippen LogP contribution in [-0.2, 0) is 4.74 Å². The number of hydrogen-bond donors (Lipinski definition) is 1. The first kappa shape index (κ1) is 18.2. The van der Waals surface area contributed by atoms with Gasteiger partial charge >= 0.3 is 6.09 Å². The summed E-state index contributed by atoms with van der Waals surface area (Å²) in [6.45, 7) is 5.35. The average molecular weight is 369 g/mol. The Bertz CT molecular complexity index is 915. The lowest BCUT2D eigenvalue weighted by molar-refractivity contribution is 0.0635. The average Bonchev–Trinajstić information content (AvgIpc) is 3.10. The van der Waals surface area contributed by atoms with Gasteiger partial charge in [0.1, 0.15) is 11.3 Å². The van der Waals surface area contributed by atoms with Crippen LogP contribution in [0.15, 0.2) is 36.8 Å². The van der Waals surface area contributed by atoms with E-state index in [1.54, 1.807) is 49.8 Å². The van der Waals surface area contributed by atoms with E-state index in [4.69, 9.17) is 9.47 Å². The second-order valence-corrected chi connectivity index (χ2v) is 6.48. The van der Waals surface area contributed by atoms with Gasteiger partial charge in [-0.15, -0.1) is 10.2 Å². The summed E-state index contributed by atoms with van der Waals surface area (Å²) in [5.74, 6) is 1.20. The molecule has 0 fully saturated rings. The normalized spacial score (nSPS) is 11.1. The monoisotopic (exact) mass is 369 g/mol. The van der Waals surface area contributed by atoms with Crippen LogP contribution in [0, 0.1) is 0 Å². The zero-order valence-electron chi connectivity index (χ0n) is 15.4. The number of ether oxygens (including phenoxy) is 2. The van der Waals surface area contributed by atoms with Crippen molar-refractivity contribution in [2.75, 3.05) is 12.4 Å². The molecule has 0 bridgehead atoms. The van der Waals surface area contributed by atoms with E-state index < -0.39 is 11.7 Å². The molecule has 140 valence electrons. The topological polar surface area (TPSA) is 117 Å². The number of nitrogens with zero attached hydrogens (tertiary/aromatic N) is 6. The molecule has 0 unspecified atom stereocenters. The molecule has 3 heterocycles. The molecular weight excluding hydrogens is 350 g/mol. The van der Waals surface area contributed by atoms with E-state index in [1.807, 2.05) is 0 Å². The second kappa shape index (κ2) is 7.36. The minimum absolute atomic E-state index is 0.281. The van der Waals surface area contributed by atoms with Crippen LogP contribution < -0.4 is 10.1 Å². The number of amides is 1. The van der Waals surface area contributed by atoms with E-state index in [9.17, 15) is 4.79 Å². The lowest BCUT2D eigenvalue weighted by atomic mass is 10.2. The van der Waals surface area contributed by atoms with Crippen molar-refractivity contribution in [3.05, 3.63) is 36.8 Å². The Balaban J connectivity index is 1.78. The zero-order valence-corrected chi connectivity index (χ0v) is 15.4. The van der Waals surface area contributed by atoms with Crippen LogP contribution in [-0.4, -0.2) is 48.7 Å². The number of methoxy groups -OCH3 is 1. The highest BCUT2D eigenvalue weighted by atomic mass is 16.6. The Morgan fingerprint density at radius 1 is 1.11 bits per heavy atom. The molecule has 0 saturated carbocycles. The number of nitrogens with one attached hydrogen (secondary N) is 1. The fourth-order valence-electron chi connectivity index (χ4n) is 2.15. The Hall–Kier alpha value is -3.56. The van der Waals surface area contributed by atoms with Crippen LogP contribution in [0.5, 0.6) is 5.88 Å². The molecule has 0 atom stereocenters. The van der Waals surface area contributed by atoms with Gasteiger partial charge in [-0.1, -0.05) is 0 Å². The van der Waals surface area contributed by atoms with Crippen molar-refractivity contribution in [2.24, 2.45) is 0 Å². The minimum atomic E-state index is -0.594. The maximum absolute atomic E-state index is 11.8. The molecule has 3 aromatic rings. The summed E-state index contributed by atoms with van der Waals surface area (Å²) in [5.41, 5.74) is 0.634. The minimum Gasteiger partial charge on any atom is -0.480 e. The summed E-state index contributed by atoms with van der Waals surface area (Å²) >= 11 is 0. The smallest absolute Gasteiger partial charge is 0.413 e. The molecule has 3 rings (SSSR count). The first-order valence-electron chi connectivity index (χ1n) is 8.10. The summed E-state index contributed by atoms with van der Waals surface area (Å²) in [6.07, 6.45) is 3.99. The first-order valence-corrected chi connectivity index (χ1v) is 8.10. The third kappa shape index (κ3) is 4.54. The fourth-order valence-corrected chi connectivity index (χ4v) is 2.15. The van der Waals surface area contributed by atoms with Crippen molar-refractivity contribution < 1.29 is 14.3 Å². The van der Waals surface area contributed by atoms with Crippen LogP contribution >= 0.6 is 0 Å². The van der Waals surface area contributed by atoms with Crippen LogP contribution in [0.1, 0.15) is 20.8 Å². The van der Waals surface area contributed by atoms with Gasteiger partial charge in [0.05, 0.1) is 31.4 Å². The van der Waals surface area contributed by atoms with Crippen molar-refractivity contribution >= 4 is 11.9 Å². The Kier molecular flexibility index (Phi) is 4.97. The number of anilines is 1. The molecule has 0 aromatic carbocycles. The van der Waals surface area contributed by atoms with Gasteiger partial charge < -0.3 is 9.47 Å². The highest BCUT2D eigenvalue weighted by Gasteiger charge is 2.17. The van der Waals surface area contributed by atoms with Gasteiger partial charge in [-0.3, -0.25) is 5.32 Å². The van der Waals surface area contributed by atoms with Crippen molar-refractivity contribution in [3.8, 4) is 23.1 Å². The van der Waals surface area contributed by atoms with Crippen LogP contribution in [0.4, 0.5) is 10.6 Å². The van der Waals surface area contributed by atoms with Crippen molar-refractivity contribution in [1.29, 1.82) is 0 Å². The fraction of sp³-hybridized carbons (Fsp3) is 0.294. The molecule has 1 amide bonds. The number of carbonyl (C=O) groups is 1. The largest absolute Gasteiger partial charge is 0.480 e. The van der Waals surface area contributed by atoms with Gasteiger partial charge in [0.15, 0.2) is 11.6 Å². The van der Waals surface area contributed by atoms with E-state index in [-0.39, 0.29) is 5.82 Å². The third-order valence-electron chi connectivity index (χ3n) is 3.24. The number of hydrogen-bond acceptors (Lipinski definition) is 8. The van der Waals surface area contributed by atoms with E-state index in [0.29, 0.717) is 23.1 Å². The van der Waals surface area contributed by atoms with Gasteiger partial charge in [-0.2, -0.15) is 5.10 Å². The van der Waals surface area contributed by atoms with Gasteiger partial charge in [0.25, 0.3) is 0 Å². The molecule has 0 aliphatic rings. The second-order valence-electron chi connectivity index (χ2n) is 6.48. The Morgan fingerprint density at radius 3 is 2.52 bits per heavy atom. The van der Waals surface area contributed by atoms with Crippen LogP contribution in [0.3, 0.4) is 0 Å². The predicted molar refractivity (Wildman–Crippen MR) is 96.6 cm³/mol. The number of aromatic nitrogens is 6. The SMILES string of the molecule is COc1ccc(-n2nccc2-c2cnc(NC(=O)OC(C)(C)C)cn2)nn1. The summed E-state index contributed by atoms with van der Waals surface area (Å²) in [4.78, 5) is 20.3. The Morgan fingerprint density at radius 2 is 1.93 bits per heavy atom. The third-order valence-corrected chi connectivity index (χ3v) is 3.24. The van der Waals surface area contributed by atoms with Crippen LogP contribution in [0.25, 0.3) is 17.2 Å². The van der Waals surface area contributed by atoms with Crippen LogP contribution in [0.2, 0.25) is 0 Å². The molecule has 1 N–H and O–H groups in total. The van der Waals surface area contributed by atoms with Gasteiger partial charge in [-0.25, -0.2) is 19.4 Å². The molecule has 0 spiro atoms. The lowest BCUT2D eigenvalue weighted by Crippen LogP contribution is -2.27. The molecular formula is C17H19N7O3. The maximum atomic E-state index is 11.8. The predicted octanol–water partition coefficient (Wildman–Crippen LogP) is 2.47. The molecule has 0 aliphatic carbocycles. The Labute approximate surface area is 155 Å². The standard InChI is InChI=1S/C17H19N7O3/c1-17(2,3)27-16(25)21-13-10-18-11(9-19-13)12-7-8-20-24(12)14-5-6-15(26-4)23-22-14/h5-10H,1-4H3,(H,19,21,25). The maximum Gasteiger partial charge on any atom is 0.413 e. The first-order chi connectivity index (χ1) is 12.9. The van der Waals surface area contributed by atoms with Gasteiger partial charge in [0, 0.05) is 6.07 Å². The van der Waals surface area contributed by atoms with E-state index >= 15 is 0 Å². The lowest BCUT2D eigenvalue weighted by Gasteiger charge is -2.19. The highest BCUT2D eigenvalue weighted by molar-refractivity contribution is 5.83. The molecule has 0 radical (unpaired) electrons. The van der Waals surface area contributed by atoms with E-state index in [2.05, 4.69) is 30.6 Å². The molecule has 3 aromatic heterocycles. The number of carbonyl (C=O) groups excluding carboxylic acids is 1. The molecule has 10 heteroatoms. The molecule has 0 aliphatic heterocycles. The van der Waals surface area contributed by atoms with Crippen molar-refractivity contribution in [1.82, 2.24) is 29.9 Å². The summed E-state index contributed by atoms with van der Waals surface area (Å²) in [6, 6.07) is 5.19. The van der Waals surface area contributed by atoms with Gasteiger partial charge in [0.2, 0.25) is 5.88 Å².